The van der Waals surface area contributed by atoms with Crippen molar-refractivity contribution in [3.05, 3.63) is 29.8 Å². The molecule has 1 aromatic rings. The van der Waals surface area contributed by atoms with Gasteiger partial charge in [0, 0.05) is 25.7 Å². The van der Waals surface area contributed by atoms with E-state index in [-0.39, 0.29) is 22.4 Å². The normalized spacial score (nSPS) is 17.7. The van der Waals surface area contributed by atoms with Crippen LogP contribution in [-0.4, -0.2) is 64.6 Å². The molecule has 1 fully saturated rings. The molecule has 128 valence electrons. The summed E-state index contributed by atoms with van der Waals surface area (Å²) in [6.45, 7) is 3.68. The molecule has 2 rings (SSSR count). The van der Waals surface area contributed by atoms with E-state index in [2.05, 4.69) is 10.6 Å². The molecule has 1 saturated heterocycles. The largest absolute Gasteiger partial charge is 0.379 e. The van der Waals surface area contributed by atoms with Crippen LogP contribution in [0.15, 0.2) is 29.2 Å². The van der Waals surface area contributed by atoms with E-state index >= 15 is 0 Å². The fraction of sp³-hybridized carbons (Fsp3) is 0.533. The van der Waals surface area contributed by atoms with E-state index in [0.29, 0.717) is 32.8 Å². The minimum Gasteiger partial charge on any atom is -0.379 e. The van der Waals surface area contributed by atoms with Crippen molar-refractivity contribution in [3.8, 4) is 0 Å². The molecule has 8 heteroatoms. The number of rotatable bonds is 6. The fourth-order valence-electron chi connectivity index (χ4n) is 2.25. The number of hydrogen-bond acceptors (Lipinski definition) is 5. The number of ether oxygens (including phenoxy) is 1. The maximum atomic E-state index is 12.8. The van der Waals surface area contributed by atoms with Crippen molar-refractivity contribution < 1.29 is 17.9 Å². The van der Waals surface area contributed by atoms with E-state index in [1.807, 2.05) is 6.92 Å². The third-order valence-electron chi connectivity index (χ3n) is 3.78. The zero-order valence-electron chi connectivity index (χ0n) is 13.4. The van der Waals surface area contributed by atoms with Crippen LogP contribution in [0, 0.1) is 0 Å². The van der Waals surface area contributed by atoms with Gasteiger partial charge in [0.25, 0.3) is 5.91 Å². The number of morpholine rings is 1. The summed E-state index contributed by atoms with van der Waals surface area (Å²) < 4.78 is 32.1. The summed E-state index contributed by atoms with van der Waals surface area (Å²) in [6.07, 6.45) is 0. The van der Waals surface area contributed by atoms with Crippen molar-refractivity contribution in [2.24, 2.45) is 0 Å². The number of benzene rings is 1. The van der Waals surface area contributed by atoms with Crippen LogP contribution >= 0.6 is 0 Å². The molecule has 0 spiro atoms. The van der Waals surface area contributed by atoms with E-state index in [4.69, 9.17) is 4.74 Å². The lowest BCUT2D eigenvalue weighted by Crippen LogP contribution is -2.42. The van der Waals surface area contributed by atoms with Gasteiger partial charge in [-0.2, -0.15) is 4.31 Å². The maximum absolute atomic E-state index is 12.8. The van der Waals surface area contributed by atoms with Gasteiger partial charge in [-0.05, 0) is 26.1 Å². The molecule has 0 aliphatic carbocycles. The molecule has 0 saturated carbocycles. The van der Waals surface area contributed by atoms with Crippen molar-refractivity contribution >= 4 is 15.9 Å². The Morgan fingerprint density at radius 1 is 1.30 bits per heavy atom. The first-order valence-corrected chi connectivity index (χ1v) is 9.03. The second-order valence-corrected chi connectivity index (χ2v) is 7.32. The summed E-state index contributed by atoms with van der Waals surface area (Å²) in [6, 6.07) is 6.39. The predicted octanol–water partition coefficient (Wildman–Crippen LogP) is 0.0452. The van der Waals surface area contributed by atoms with E-state index in [0.717, 1.165) is 0 Å². The van der Waals surface area contributed by atoms with Crippen LogP contribution < -0.4 is 10.6 Å². The smallest absolute Gasteiger partial charge is 0.252 e. The molecule has 0 aromatic heterocycles. The van der Waals surface area contributed by atoms with Gasteiger partial charge in [-0.15, -0.1) is 0 Å². The van der Waals surface area contributed by atoms with Gasteiger partial charge in [0.1, 0.15) is 0 Å². The van der Waals surface area contributed by atoms with Crippen molar-refractivity contribution in [2.45, 2.75) is 17.9 Å². The molecule has 0 bridgehead atoms. The molecule has 7 nitrogen and oxygen atoms in total. The molecule has 1 atom stereocenters. The monoisotopic (exact) mass is 341 g/mol. The Labute approximate surface area is 137 Å². The lowest BCUT2D eigenvalue weighted by Gasteiger charge is -2.26. The third-order valence-corrected chi connectivity index (χ3v) is 5.74. The summed E-state index contributed by atoms with van der Waals surface area (Å²) in [5.74, 6) is -0.389. The number of carbonyl (C=O) groups is 1. The highest BCUT2D eigenvalue weighted by Crippen LogP contribution is 2.21. The van der Waals surface area contributed by atoms with Crippen molar-refractivity contribution in [1.82, 2.24) is 14.9 Å². The number of likely N-dealkylation sites (N-methyl/N-ethyl adjacent to an activating group) is 1. The number of amides is 1. The number of nitrogens with one attached hydrogen (secondary N) is 2. The van der Waals surface area contributed by atoms with Crippen LogP contribution in [0.4, 0.5) is 0 Å². The standard InChI is InChI=1S/C15H23N3O4S/c1-12(16-2)11-17-15(19)13-5-3-4-6-14(13)23(20,21)18-7-9-22-10-8-18/h3-6,12,16H,7-11H2,1-2H3,(H,17,19). The minimum absolute atomic E-state index is 0.0384. The molecule has 2 N–H and O–H groups in total. The van der Waals surface area contributed by atoms with Crippen molar-refractivity contribution in [2.75, 3.05) is 39.9 Å². The van der Waals surface area contributed by atoms with Gasteiger partial charge < -0.3 is 15.4 Å². The molecule has 1 unspecified atom stereocenters. The minimum atomic E-state index is -3.70. The number of carbonyl (C=O) groups excluding carboxylic acids is 1. The lowest BCUT2D eigenvalue weighted by molar-refractivity contribution is 0.0730. The number of sulfonamides is 1. The summed E-state index contributed by atoms with van der Waals surface area (Å²) in [4.78, 5) is 12.4. The maximum Gasteiger partial charge on any atom is 0.252 e. The summed E-state index contributed by atoms with van der Waals surface area (Å²) in [5.41, 5.74) is 0.169. The Kier molecular flexibility index (Phi) is 6.11. The number of nitrogens with zero attached hydrogens (tertiary/aromatic N) is 1. The highest BCUT2D eigenvalue weighted by atomic mass is 32.2. The summed E-state index contributed by atoms with van der Waals surface area (Å²) >= 11 is 0. The van der Waals surface area contributed by atoms with Crippen LogP contribution in [0.25, 0.3) is 0 Å². The molecule has 0 radical (unpaired) electrons. The third kappa shape index (κ3) is 4.29. The zero-order valence-corrected chi connectivity index (χ0v) is 14.2. The second-order valence-electron chi connectivity index (χ2n) is 5.41. The van der Waals surface area contributed by atoms with Crippen LogP contribution in [-0.2, 0) is 14.8 Å². The van der Waals surface area contributed by atoms with Gasteiger partial charge in [-0.1, -0.05) is 12.1 Å². The molecule has 1 aliphatic heterocycles. The molecule has 1 amide bonds. The molecular formula is C15H23N3O4S. The molecule has 23 heavy (non-hydrogen) atoms. The summed E-state index contributed by atoms with van der Waals surface area (Å²) in [7, 11) is -1.91. The first-order chi connectivity index (χ1) is 11.0. The Morgan fingerprint density at radius 3 is 2.61 bits per heavy atom. The van der Waals surface area contributed by atoms with Gasteiger partial charge in [-0.25, -0.2) is 8.42 Å². The Bertz CT molecular complexity index is 642. The molecule has 1 heterocycles. The zero-order chi connectivity index (χ0) is 16.9. The highest BCUT2D eigenvalue weighted by molar-refractivity contribution is 7.89. The van der Waals surface area contributed by atoms with Gasteiger partial charge in [0.2, 0.25) is 10.0 Å². The highest BCUT2D eigenvalue weighted by Gasteiger charge is 2.30. The summed E-state index contributed by atoms with van der Waals surface area (Å²) in [5, 5.41) is 5.77. The van der Waals surface area contributed by atoms with Crippen molar-refractivity contribution in [3.63, 3.8) is 0 Å². The van der Waals surface area contributed by atoms with Gasteiger partial charge in [0.05, 0.1) is 23.7 Å². The van der Waals surface area contributed by atoms with E-state index in [9.17, 15) is 13.2 Å². The first-order valence-electron chi connectivity index (χ1n) is 7.59. The van der Waals surface area contributed by atoms with E-state index in [1.54, 1.807) is 19.2 Å². The van der Waals surface area contributed by atoms with Crippen LogP contribution in [0.1, 0.15) is 17.3 Å². The Morgan fingerprint density at radius 2 is 1.96 bits per heavy atom. The average molecular weight is 341 g/mol. The van der Waals surface area contributed by atoms with E-state index < -0.39 is 10.0 Å². The quantitative estimate of drug-likeness (QED) is 0.763. The Balaban J connectivity index is 2.24. The van der Waals surface area contributed by atoms with Gasteiger partial charge in [0.15, 0.2) is 0 Å². The fourth-order valence-corrected chi connectivity index (χ4v) is 3.85. The second kappa shape index (κ2) is 7.87. The SMILES string of the molecule is CNC(C)CNC(=O)c1ccccc1S(=O)(=O)N1CCOCC1. The van der Waals surface area contributed by atoms with Gasteiger partial charge >= 0.3 is 0 Å². The van der Waals surface area contributed by atoms with Crippen LogP contribution in [0.2, 0.25) is 0 Å². The van der Waals surface area contributed by atoms with Crippen LogP contribution in [0.5, 0.6) is 0 Å². The lowest BCUT2D eigenvalue weighted by atomic mass is 10.2. The first kappa shape index (κ1) is 17.9. The van der Waals surface area contributed by atoms with Gasteiger partial charge in [-0.3, -0.25) is 4.79 Å². The van der Waals surface area contributed by atoms with E-state index in [1.165, 1.54) is 16.4 Å². The predicted molar refractivity (Wildman–Crippen MR) is 86.9 cm³/mol. The van der Waals surface area contributed by atoms with Crippen molar-refractivity contribution in [1.29, 1.82) is 0 Å². The average Bonchev–Trinajstić information content (AvgIpc) is 2.60. The molecule has 1 aliphatic rings. The number of hydrogen-bond donors (Lipinski definition) is 2. The Hall–Kier alpha value is -1.48. The molecular weight excluding hydrogens is 318 g/mol. The topological polar surface area (TPSA) is 87.7 Å². The van der Waals surface area contributed by atoms with Crippen LogP contribution in [0.3, 0.4) is 0 Å². The molecule has 1 aromatic carbocycles.